The number of rotatable bonds is 8. The highest BCUT2D eigenvalue weighted by Gasteiger charge is 2.51. The van der Waals surface area contributed by atoms with Crippen molar-refractivity contribution in [1.82, 2.24) is 15.5 Å². The Balaban J connectivity index is 1.44. The zero-order valence-corrected chi connectivity index (χ0v) is 21.9. The molecule has 2 aromatic rings. The number of halogens is 4. The summed E-state index contributed by atoms with van der Waals surface area (Å²) in [5, 5.41) is 15.8. The highest BCUT2D eigenvalue weighted by molar-refractivity contribution is 7.88. The van der Waals surface area contributed by atoms with Crippen molar-refractivity contribution in [1.29, 1.82) is 5.26 Å². The maximum atomic E-state index is 14.3. The van der Waals surface area contributed by atoms with Gasteiger partial charge in [-0.05, 0) is 63.2 Å². The number of nitrogens with zero attached hydrogens (tertiary/aromatic N) is 3. The summed E-state index contributed by atoms with van der Waals surface area (Å²) in [7, 11) is -2.00. The summed E-state index contributed by atoms with van der Waals surface area (Å²) in [4.78, 5) is 5.89. The minimum atomic E-state index is -5.76. The first kappa shape index (κ1) is 28.4. The Hall–Kier alpha value is -3.57. The second-order valence-electron chi connectivity index (χ2n) is 9.73. The van der Waals surface area contributed by atoms with E-state index in [0.29, 0.717) is 24.2 Å². The molecule has 0 saturated heterocycles. The average Bonchev–Trinajstić information content (AvgIpc) is 3.63. The summed E-state index contributed by atoms with van der Waals surface area (Å²) >= 11 is 0. The van der Waals surface area contributed by atoms with Crippen LogP contribution in [0.3, 0.4) is 0 Å². The number of nitrogens with one attached hydrogen (secondary N) is 2. The first-order chi connectivity index (χ1) is 18.3. The van der Waals surface area contributed by atoms with Crippen molar-refractivity contribution < 1.29 is 34.9 Å². The second-order valence-corrected chi connectivity index (χ2v) is 11.3. The lowest BCUT2D eigenvalue weighted by molar-refractivity contribution is -0.0500. The van der Waals surface area contributed by atoms with Crippen LogP contribution in [-0.4, -0.2) is 63.1 Å². The summed E-state index contributed by atoms with van der Waals surface area (Å²) in [5.74, 6) is -0.100. The van der Waals surface area contributed by atoms with E-state index in [0.717, 1.165) is 18.4 Å². The number of aliphatic imine (C=N–C) groups is 1. The first-order valence-electron chi connectivity index (χ1n) is 12.0. The third-order valence-corrected chi connectivity index (χ3v) is 7.71. The molecular weight excluding hydrogens is 542 g/mol. The van der Waals surface area contributed by atoms with Gasteiger partial charge >= 0.3 is 15.6 Å². The molecule has 1 aliphatic carbocycles. The van der Waals surface area contributed by atoms with Gasteiger partial charge in [-0.25, -0.2) is 4.39 Å². The number of alkyl halides is 3. The first-order valence-corrected chi connectivity index (χ1v) is 13.4. The molecule has 2 aromatic carbocycles. The zero-order chi connectivity index (χ0) is 28.4. The highest BCUT2D eigenvalue weighted by Crippen LogP contribution is 2.42. The van der Waals surface area contributed by atoms with Crippen LogP contribution in [0.15, 0.2) is 47.5 Å². The van der Waals surface area contributed by atoms with Gasteiger partial charge in [0.05, 0.1) is 11.6 Å². The Morgan fingerprint density at radius 3 is 2.54 bits per heavy atom. The molecule has 2 atom stereocenters. The fourth-order valence-corrected chi connectivity index (χ4v) is 5.12. The molecule has 0 radical (unpaired) electrons. The quantitative estimate of drug-likeness (QED) is 0.125. The molecule has 1 heterocycles. The van der Waals surface area contributed by atoms with Gasteiger partial charge in [0.15, 0.2) is 0 Å². The maximum absolute atomic E-state index is 14.3. The van der Waals surface area contributed by atoms with E-state index < -0.39 is 26.9 Å². The lowest BCUT2D eigenvalue weighted by Crippen LogP contribution is -2.58. The van der Waals surface area contributed by atoms with Crippen LogP contribution in [-0.2, 0) is 23.0 Å². The van der Waals surface area contributed by atoms with Gasteiger partial charge in [0.2, 0.25) is 12.2 Å². The van der Waals surface area contributed by atoms with Gasteiger partial charge in [0.25, 0.3) is 0 Å². The molecule has 0 spiro atoms. The molecule has 1 saturated carbocycles. The number of nitriles is 1. The molecular formula is C25H27F4N5O4S. The predicted molar refractivity (Wildman–Crippen MR) is 134 cm³/mol. The van der Waals surface area contributed by atoms with Crippen LogP contribution in [0, 0.1) is 17.3 Å². The van der Waals surface area contributed by atoms with Crippen molar-refractivity contribution in [3.8, 4) is 17.7 Å². The summed E-state index contributed by atoms with van der Waals surface area (Å²) in [6.07, 6.45) is 4.09. The van der Waals surface area contributed by atoms with Gasteiger partial charge in [-0.1, -0.05) is 18.2 Å². The van der Waals surface area contributed by atoms with Crippen molar-refractivity contribution in [2.75, 3.05) is 20.7 Å². The van der Waals surface area contributed by atoms with Gasteiger partial charge in [0, 0.05) is 18.0 Å². The molecule has 0 bridgehead atoms. The number of fused-ring (bicyclic) bond motifs is 1. The number of hydrogen-bond donors (Lipinski definition) is 2. The SMILES string of the molecule is CN(C)[C@@H](Cc1ccc(OS(=O)(=O)C(F)(F)F)cc1)C1(N/C(=N/C#N)NC2COc3cccc(F)c3C2)CC1. The maximum Gasteiger partial charge on any atom is 0.534 e. The summed E-state index contributed by atoms with van der Waals surface area (Å²) < 4.78 is 84.5. The third kappa shape index (κ3) is 6.54. The molecule has 1 fully saturated rings. The van der Waals surface area contributed by atoms with Crippen LogP contribution in [0.5, 0.6) is 11.5 Å². The van der Waals surface area contributed by atoms with Crippen molar-refractivity contribution in [2.24, 2.45) is 4.99 Å². The van der Waals surface area contributed by atoms with Crippen LogP contribution in [0.4, 0.5) is 17.6 Å². The van der Waals surface area contributed by atoms with Crippen LogP contribution < -0.4 is 19.6 Å². The van der Waals surface area contributed by atoms with E-state index in [-0.39, 0.29) is 30.5 Å². The zero-order valence-electron chi connectivity index (χ0n) is 21.1. The topological polar surface area (TPSA) is 116 Å². The molecule has 2 aliphatic rings. The van der Waals surface area contributed by atoms with Crippen molar-refractivity contribution in [3.05, 3.63) is 59.4 Å². The molecule has 210 valence electrons. The Bertz CT molecular complexity index is 1370. The monoisotopic (exact) mass is 569 g/mol. The number of hydrogen-bond acceptors (Lipinski definition) is 7. The van der Waals surface area contributed by atoms with Gasteiger partial charge in [-0.15, -0.1) is 4.99 Å². The Morgan fingerprint density at radius 2 is 1.95 bits per heavy atom. The molecule has 4 rings (SSSR count). The minimum Gasteiger partial charge on any atom is -0.491 e. The molecule has 1 aliphatic heterocycles. The van der Waals surface area contributed by atoms with Crippen LogP contribution >= 0.6 is 0 Å². The largest absolute Gasteiger partial charge is 0.534 e. The standard InChI is InChI=1S/C25H27F4N5O4S/c1-34(2)22(12-16-6-8-18(9-7-16)38-39(35,36)25(27,28)29)24(10-11-24)33-23(31-15-30)32-17-13-19-20(26)4-3-5-21(19)37-14-17/h3-9,17,22H,10-14H2,1-2H3,(H2,31,32,33)/t17?,22-/m0/s1. The van der Waals surface area contributed by atoms with Gasteiger partial charge in [-0.2, -0.15) is 26.9 Å². The molecule has 2 N–H and O–H groups in total. The summed E-state index contributed by atoms with van der Waals surface area (Å²) in [5.41, 5.74) is -4.82. The summed E-state index contributed by atoms with van der Waals surface area (Å²) in [6.45, 7) is 0.255. The van der Waals surface area contributed by atoms with E-state index in [9.17, 15) is 31.2 Å². The normalized spacial score (nSPS) is 19.3. The van der Waals surface area contributed by atoms with E-state index in [2.05, 4.69) is 19.8 Å². The predicted octanol–water partition coefficient (Wildman–Crippen LogP) is 3.08. The van der Waals surface area contributed by atoms with Crippen LogP contribution in [0.1, 0.15) is 24.0 Å². The van der Waals surface area contributed by atoms with Gasteiger partial charge in [0.1, 0.15) is 23.9 Å². The third-order valence-electron chi connectivity index (χ3n) is 6.73. The minimum absolute atomic E-state index is 0.130. The van der Waals surface area contributed by atoms with Crippen LogP contribution in [0.2, 0.25) is 0 Å². The fourth-order valence-electron chi connectivity index (χ4n) is 4.66. The Morgan fingerprint density at radius 1 is 1.26 bits per heavy atom. The molecule has 9 nitrogen and oxygen atoms in total. The molecule has 1 unspecified atom stereocenters. The van der Waals surface area contributed by atoms with E-state index >= 15 is 0 Å². The number of likely N-dealkylation sites (N-methyl/N-ethyl adjacent to an activating group) is 1. The lowest BCUT2D eigenvalue weighted by Gasteiger charge is -2.35. The van der Waals surface area contributed by atoms with Gasteiger partial charge < -0.3 is 24.5 Å². The smallest absolute Gasteiger partial charge is 0.491 e. The van der Waals surface area contributed by atoms with Crippen molar-refractivity contribution in [2.45, 2.75) is 48.8 Å². The Kier molecular flexibility index (Phi) is 7.94. The van der Waals surface area contributed by atoms with E-state index in [1.807, 2.05) is 19.0 Å². The second kappa shape index (κ2) is 10.9. The lowest BCUT2D eigenvalue weighted by atomic mass is 9.96. The number of benzene rings is 2. The van der Waals surface area contributed by atoms with Crippen molar-refractivity contribution in [3.63, 3.8) is 0 Å². The van der Waals surface area contributed by atoms with E-state index in [1.165, 1.54) is 30.3 Å². The molecule has 0 amide bonds. The van der Waals surface area contributed by atoms with Crippen molar-refractivity contribution >= 4 is 16.1 Å². The fraction of sp³-hybridized carbons (Fsp3) is 0.440. The summed E-state index contributed by atoms with van der Waals surface area (Å²) in [6, 6.07) is 9.52. The average molecular weight is 570 g/mol. The molecule has 14 heteroatoms. The molecule has 39 heavy (non-hydrogen) atoms. The van der Waals surface area contributed by atoms with Crippen LogP contribution in [0.25, 0.3) is 0 Å². The van der Waals surface area contributed by atoms with Gasteiger partial charge in [-0.3, -0.25) is 0 Å². The number of guanidine groups is 1. The molecule has 0 aromatic heterocycles. The number of ether oxygens (including phenoxy) is 1. The van der Waals surface area contributed by atoms with E-state index in [4.69, 9.17) is 4.74 Å². The Labute approximate surface area is 223 Å². The van der Waals surface area contributed by atoms with E-state index in [1.54, 1.807) is 18.3 Å². The highest BCUT2D eigenvalue weighted by atomic mass is 32.2.